The van der Waals surface area contributed by atoms with Gasteiger partial charge in [0.15, 0.2) is 0 Å². The van der Waals surface area contributed by atoms with Crippen molar-refractivity contribution in [1.82, 2.24) is 4.98 Å². The summed E-state index contributed by atoms with van der Waals surface area (Å²) in [4.78, 5) is 15.3. The minimum atomic E-state index is -4.89. The maximum Gasteiger partial charge on any atom is 0.419 e. The zero-order valence-electron chi connectivity index (χ0n) is 12.3. The summed E-state index contributed by atoms with van der Waals surface area (Å²) in [5.74, 6) is -0.951. The number of carbonyl (C=O) groups is 1. The second-order valence-electron chi connectivity index (χ2n) is 4.86. The largest absolute Gasteiger partial charge is 0.419 e. The topological polar surface area (TPSA) is 102 Å². The summed E-state index contributed by atoms with van der Waals surface area (Å²) in [6, 6.07) is 5.87. The number of benzene rings is 1. The molecule has 2 rings (SSSR count). The van der Waals surface area contributed by atoms with Crippen LogP contribution in [0.25, 0.3) is 11.3 Å². The Morgan fingerprint density at radius 3 is 2.42 bits per heavy atom. The van der Waals surface area contributed by atoms with Crippen molar-refractivity contribution in [2.75, 3.05) is 11.0 Å². The highest BCUT2D eigenvalue weighted by molar-refractivity contribution is 7.92. The van der Waals surface area contributed by atoms with Gasteiger partial charge in [-0.15, -0.1) is 0 Å². The third-order valence-electron chi connectivity index (χ3n) is 2.97. The molecule has 0 aliphatic heterocycles. The fourth-order valence-corrected chi connectivity index (χ4v) is 2.73. The van der Waals surface area contributed by atoms with E-state index in [9.17, 15) is 26.4 Å². The van der Waals surface area contributed by atoms with E-state index in [2.05, 4.69) is 4.98 Å². The molecule has 0 spiro atoms. The van der Waals surface area contributed by atoms with Gasteiger partial charge in [-0.3, -0.25) is 14.5 Å². The summed E-state index contributed by atoms with van der Waals surface area (Å²) in [6.07, 6.45) is -2.95. The Bertz CT molecular complexity index is 896. The number of nitrogens with zero attached hydrogens (tertiary/aromatic N) is 1. The summed E-state index contributed by atoms with van der Waals surface area (Å²) in [7, 11) is -3.95. The predicted molar refractivity (Wildman–Crippen MR) is 81.7 cm³/mol. The molecule has 0 fully saturated rings. The highest BCUT2D eigenvalue weighted by Gasteiger charge is 2.38. The van der Waals surface area contributed by atoms with E-state index in [-0.39, 0.29) is 11.3 Å². The number of nitrogens with one attached hydrogen (secondary N) is 1. The van der Waals surface area contributed by atoms with Crippen molar-refractivity contribution in [2.45, 2.75) is 6.18 Å². The van der Waals surface area contributed by atoms with E-state index in [0.717, 1.165) is 18.4 Å². The third kappa shape index (κ3) is 3.82. The van der Waals surface area contributed by atoms with Gasteiger partial charge in [0.1, 0.15) is 0 Å². The van der Waals surface area contributed by atoms with Crippen molar-refractivity contribution in [3.8, 4) is 11.3 Å². The molecule has 6 nitrogen and oxygen atoms in total. The summed E-state index contributed by atoms with van der Waals surface area (Å²) in [6.45, 7) is 0. The summed E-state index contributed by atoms with van der Waals surface area (Å²) in [5.41, 5.74) is 2.32. The number of halogens is 3. The lowest BCUT2D eigenvalue weighted by molar-refractivity contribution is -0.136. The van der Waals surface area contributed by atoms with Crippen molar-refractivity contribution >= 4 is 21.6 Å². The number of primary amides is 1. The molecule has 0 atom stereocenters. The molecule has 0 radical (unpaired) electrons. The average Bonchev–Trinajstić information content (AvgIpc) is 2.44. The number of sulfonamides is 1. The molecule has 10 heteroatoms. The molecule has 3 N–H and O–H groups in total. The number of carbonyl (C=O) groups excluding carboxylic acids is 1. The van der Waals surface area contributed by atoms with Crippen LogP contribution in [0.15, 0.2) is 36.5 Å². The smallest absolute Gasteiger partial charge is 0.366 e. The first-order valence-corrected chi connectivity index (χ1v) is 8.33. The van der Waals surface area contributed by atoms with Gasteiger partial charge in [0, 0.05) is 11.8 Å². The molecule has 0 saturated heterocycles. The Morgan fingerprint density at radius 2 is 1.88 bits per heavy atom. The van der Waals surface area contributed by atoms with Crippen LogP contribution >= 0.6 is 0 Å². The van der Waals surface area contributed by atoms with Crippen LogP contribution < -0.4 is 10.5 Å². The van der Waals surface area contributed by atoms with Gasteiger partial charge >= 0.3 is 6.18 Å². The molecule has 0 aliphatic rings. The first-order valence-electron chi connectivity index (χ1n) is 6.44. The minimum Gasteiger partial charge on any atom is -0.366 e. The number of rotatable bonds is 4. The Morgan fingerprint density at radius 1 is 1.21 bits per heavy atom. The molecular weight excluding hydrogens is 347 g/mol. The SMILES string of the molecule is CS(=O)(=O)Nc1cccc(-c2ncccc2C(N)=O)c1C(F)(F)F. The number of aromatic nitrogens is 1. The molecule has 0 saturated carbocycles. The van der Waals surface area contributed by atoms with Crippen LogP contribution in [0.2, 0.25) is 0 Å². The van der Waals surface area contributed by atoms with Crippen LogP contribution in [0.3, 0.4) is 0 Å². The number of hydrogen-bond donors (Lipinski definition) is 2. The highest BCUT2D eigenvalue weighted by atomic mass is 32.2. The molecule has 0 aliphatic carbocycles. The summed E-state index contributed by atoms with van der Waals surface area (Å²) >= 11 is 0. The maximum atomic E-state index is 13.5. The molecule has 1 heterocycles. The maximum absolute atomic E-state index is 13.5. The van der Waals surface area contributed by atoms with Crippen molar-refractivity contribution < 1.29 is 26.4 Å². The summed E-state index contributed by atoms with van der Waals surface area (Å²) in [5, 5.41) is 0. The molecule has 128 valence electrons. The quantitative estimate of drug-likeness (QED) is 0.874. The van der Waals surface area contributed by atoms with Crippen molar-refractivity contribution in [3.05, 3.63) is 47.7 Å². The Hall–Kier alpha value is -2.62. The van der Waals surface area contributed by atoms with Crippen LogP contribution in [-0.2, 0) is 16.2 Å². The number of anilines is 1. The van der Waals surface area contributed by atoms with E-state index in [1.807, 2.05) is 4.72 Å². The number of alkyl halides is 3. The van der Waals surface area contributed by atoms with Gasteiger partial charge < -0.3 is 5.73 Å². The number of hydrogen-bond acceptors (Lipinski definition) is 4. The molecule has 0 bridgehead atoms. The summed E-state index contributed by atoms with van der Waals surface area (Å²) < 4.78 is 65.1. The lowest BCUT2D eigenvalue weighted by atomic mass is 9.98. The first-order chi connectivity index (χ1) is 11.0. The number of pyridine rings is 1. The van der Waals surface area contributed by atoms with Crippen molar-refractivity contribution in [3.63, 3.8) is 0 Å². The van der Waals surface area contributed by atoms with E-state index >= 15 is 0 Å². The van der Waals surface area contributed by atoms with Crippen LogP contribution in [0.4, 0.5) is 18.9 Å². The highest BCUT2D eigenvalue weighted by Crippen LogP contribution is 2.42. The van der Waals surface area contributed by atoms with Gasteiger partial charge in [-0.05, 0) is 18.2 Å². The van der Waals surface area contributed by atoms with Gasteiger partial charge in [-0.1, -0.05) is 12.1 Å². The van der Waals surface area contributed by atoms with Crippen molar-refractivity contribution in [1.29, 1.82) is 0 Å². The van der Waals surface area contributed by atoms with E-state index < -0.39 is 38.9 Å². The number of amides is 1. The molecule has 24 heavy (non-hydrogen) atoms. The lowest BCUT2D eigenvalue weighted by Gasteiger charge is -2.18. The zero-order chi connectivity index (χ0) is 18.1. The van der Waals surface area contributed by atoms with Gasteiger partial charge in [-0.25, -0.2) is 8.42 Å². The molecule has 1 aromatic heterocycles. The second kappa shape index (κ2) is 6.11. The molecule has 0 unspecified atom stereocenters. The normalized spacial score (nSPS) is 12.0. The van der Waals surface area contributed by atoms with Gasteiger partial charge in [0.05, 0.1) is 28.8 Å². The Labute approximate surface area is 135 Å². The monoisotopic (exact) mass is 359 g/mol. The molecule has 1 aromatic carbocycles. The van der Waals surface area contributed by atoms with Crippen LogP contribution in [0.5, 0.6) is 0 Å². The lowest BCUT2D eigenvalue weighted by Crippen LogP contribution is -2.18. The van der Waals surface area contributed by atoms with Crippen LogP contribution in [0, 0.1) is 0 Å². The first kappa shape index (κ1) is 17.7. The van der Waals surface area contributed by atoms with E-state index in [4.69, 9.17) is 5.73 Å². The Balaban J connectivity index is 2.81. The van der Waals surface area contributed by atoms with Gasteiger partial charge in [-0.2, -0.15) is 13.2 Å². The van der Waals surface area contributed by atoms with E-state index in [1.165, 1.54) is 24.4 Å². The zero-order valence-corrected chi connectivity index (χ0v) is 13.1. The fraction of sp³-hybridized carbons (Fsp3) is 0.143. The van der Waals surface area contributed by atoms with Crippen molar-refractivity contribution in [2.24, 2.45) is 5.73 Å². The van der Waals surface area contributed by atoms with Crippen LogP contribution in [-0.4, -0.2) is 25.6 Å². The van der Waals surface area contributed by atoms with E-state index in [1.54, 1.807) is 0 Å². The number of nitrogens with two attached hydrogens (primary N) is 1. The predicted octanol–water partition coefficient (Wildman–Crippen LogP) is 2.24. The Kier molecular flexibility index (Phi) is 4.52. The third-order valence-corrected chi connectivity index (χ3v) is 3.56. The molecule has 2 aromatic rings. The van der Waals surface area contributed by atoms with E-state index in [0.29, 0.717) is 0 Å². The minimum absolute atomic E-state index is 0.209. The fourth-order valence-electron chi connectivity index (χ4n) is 2.16. The van der Waals surface area contributed by atoms with Gasteiger partial charge in [0.25, 0.3) is 5.91 Å². The molecule has 1 amide bonds. The average molecular weight is 359 g/mol. The van der Waals surface area contributed by atoms with Crippen LogP contribution in [0.1, 0.15) is 15.9 Å². The van der Waals surface area contributed by atoms with Gasteiger partial charge in [0.2, 0.25) is 10.0 Å². The standard InChI is InChI=1S/C14H12F3N3O3S/c1-24(22,23)20-10-6-2-4-8(11(10)14(15,16)17)12-9(13(18)21)5-3-7-19-12/h2-7,20H,1H3,(H2,18,21). The second-order valence-corrected chi connectivity index (χ2v) is 6.61. The molecular formula is C14H12F3N3O3S.